The lowest BCUT2D eigenvalue weighted by atomic mass is 10.0. The third kappa shape index (κ3) is 5.09. The van der Waals surface area contributed by atoms with E-state index in [1.807, 2.05) is 6.92 Å². The van der Waals surface area contributed by atoms with Crippen molar-refractivity contribution in [2.24, 2.45) is 5.73 Å². The predicted octanol–water partition coefficient (Wildman–Crippen LogP) is 0.256. The lowest BCUT2D eigenvalue weighted by Crippen LogP contribution is -2.57. The van der Waals surface area contributed by atoms with E-state index in [0.717, 1.165) is 26.2 Å². The summed E-state index contributed by atoms with van der Waals surface area (Å²) in [6, 6.07) is 0.175. The number of nitrogens with zero attached hydrogens (tertiary/aromatic N) is 2. The van der Waals surface area contributed by atoms with E-state index in [9.17, 15) is 4.79 Å². The standard InChI is InChI=1S/C14H30N4O/c1-5-16-13(19)10-12(11-15)17-6-8-18(9-7-17)14(2,3)4/h12H,5-11,15H2,1-4H3,(H,16,19). The van der Waals surface area contributed by atoms with Crippen molar-refractivity contribution < 1.29 is 4.79 Å². The fraction of sp³-hybridized carbons (Fsp3) is 0.929. The Morgan fingerprint density at radius 1 is 1.26 bits per heavy atom. The van der Waals surface area contributed by atoms with Crippen LogP contribution in [0, 0.1) is 0 Å². The molecule has 5 heteroatoms. The number of nitrogens with two attached hydrogens (primary N) is 1. The molecule has 0 aliphatic carbocycles. The first kappa shape index (κ1) is 16.4. The highest BCUT2D eigenvalue weighted by atomic mass is 16.1. The molecule has 1 fully saturated rings. The van der Waals surface area contributed by atoms with Gasteiger partial charge in [0.1, 0.15) is 0 Å². The van der Waals surface area contributed by atoms with Gasteiger partial charge in [-0.25, -0.2) is 0 Å². The Morgan fingerprint density at radius 2 is 1.84 bits per heavy atom. The van der Waals surface area contributed by atoms with Crippen LogP contribution < -0.4 is 11.1 Å². The molecular formula is C14H30N4O. The normalized spacial score (nSPS) is 20.3. The van der Waals surface area contributed by atoms with Crippen LogP contribution in [0.15, 0.2) is 0 Å². The van der Waals surface area contributed by atoms with E-state index in [2.05, 4.69) is 35.9 Å². The largest absolute Gasteiger partial charge is 0.356 e. The molecule has 3 N–H and O–H groups in total. The summed E-state index contributed by atoms with van der Waals surface area (Å²) in [5.41, 5.74) is 6.06. The van der Waals surface area contributed by atoms with Crippen LogP contribution >= 0.6 is 0 Å². The summed E-state index contributed by atoms with van der Waals surface area (Å²) in [7, 11) is 0. The van der Waals surface area contributed by atoms with E-state index in [1.165, 1.54) is 0 Å². The van der Waals surface area contributed by atoms with Crippen LogP contribution in [-0.4, -0.2) is 66.6 Å². The van der Waals surface area contributed by atoms with E-state index in [1.54, 1.807) is 0 Å². The van der Waals surface area contributed by atoms with Gasteiger partial charge in [-0.15, -0.1) is 0 Å². The van der Waals surface area contributed by atoms with Crippen molar-refractivity contribution in [2.75, 3.05) is 39.3 Å². The third-order valence-electron chi connectivity index (χ3n) is 3.85. The summed E-state index contributed by atoms with van der Waals surface area (Å²) in [4.78, 5) is 16.5. The number of rotatable bonds is 5. The quantitative estimate of drug-likeness (QED) is 0.752. The molecule has 0 aromatic rings. The molecule has 0 saturated carbocycles. The zero-order valence-electron chi connectivity index (χ0n) is 12.9. The van der Waals surface area contributed by atoms with Gasteiger partial charge in [0, 0.05) is 57.3 Å². The van der Waals surface area contributed by atoms with Crippen molar-refractivity contribution in [3.8, 4) is 0 Å². The first-order valence-corrected chi connectivity index (χ1v) is 7.34. The highest BCUT2D eigenvalue weighted by Gasteiger charge is 2.29. The summed E-state index contributed by atoms with van der Waals surface area (Å²) < 4.78 is 0. The van der Waals surface area contributed by atoms with Crippen molar-refractivity contribution in [2.45, 2.75) is 45.7 Å². The lowest BCUT2D eigenvalue weighted by Gasteiger charge is -2.44. The second kappa shape index (κ2) is 7.22. The molecule has 19 heavy (non-hydrogen) atoms. The zero-order chi connectivity index (χ0) is 14.5. The molecule has 1 atom stereocenters. The van der Waals surface area contributed by atoms with E-state index in [4.69, 9.17) is 5.73 Å². The SMILES string of the molecule is CCNC(=O)CC(CN)N1CCN(C(C)(C)C)CC1. The van der Waals surface area contributed by atoms with Crippen molar-refractivity contribution in [3.63, 3.8) is 0 Å². The number of piperazine rings is 1. The topological polar surface area (TPSA) is 61.6 Å². The number of amides is 1. The van der Waals surface area contributed by atoms with Crippen molar-refractivity contribution in [3.05, 3.63) is 0 Å². The Hall–Kier alpha value is -0.650. The molecular weight excluding hydrogens is 240 g/mol. The molecule has 0 spiro atoms. The number of carbonyl (C=O) groups excluding carboxylic acids is 1. The molecule has 1 heterocycles. The van der Waals surface area contributed by atoms with Gasteiger partial charge in [-0.05, 0) is 27.7 Å². The minimum atomic E-state index is 0.108. The van der Waals surface area contributed by atoms with Gasteiger partial charge in [-0.1, -0.05) is 0 Å². The maximum absolute atomic E-state index is 11.7. The first-order chi connectivity index (χ1) is 8.88. The maximum atomic E-state index is 11.7. The van der Waals surface area contributed by atoms with Crippen LogP contribution in [0.1, 0.15) is 34.1 Å². The second-order valence-corrected chi connectivity index (χ2v) is 6.24. The molecule has 1 saturated heterocycles. The summed E-state index contributed by atoms with van der Waals surface area (Å²) in [6.07, 6.45) is 0.514. The second-order valence-electron chi connectivity index (χ2n) is 6.24. The highest BCUT2D eigenvalue weighted by Crippen LogP contribution is 2.17. The fourth-order valence-corrected chi connectivity index (χ4v) is 2.60. The molecule has 0 bridgehead atoms. The number of hydrogen-bond donors (Lipinski definition) is 2. The molecule has 1 aliphatic rings. The molecule has 5 nitrogen and oxygen atoms in total. The maximum Gasteiger partial charge on any atom is 0.221 e. The Morgan fingerprint density at radius 3 is 2.26 bits per heavy atom. The van der Waals surface area contributed by atoms with Crippen LogP contribution in [0.5, 0.6) is 0 Å². The van der Waals surface area contributed by atoms with Crippen LogP contribution in [0.25, 0.3) is 0 Å². The summed E-state index contributed by atoms with van der Waals surface area (Å²) in [6.45, 7) is 14.0. The monoisotopic (exact) mass is 270 g/mol. The molecule has 112 valence electrons. The van der Waals surface area contributed by atoms with Crippen LogP contribution in [0.3, 0.4) is 0 Å². The van der Waals surface area contributed by atoms with Gasteiger partial charge in [0.15, 0.2) is 0 Å². The fourth-order valence-electron chi connectivity index (χ4n) is 2.60. The molecule has 0 aromatic heterocycles. The average molecular weight is 270 g/mol. The van der Waals surface area contributed by atoms with E-state index in [0.29, 0.717) is 19.5 Å². The van der Waals surface area contributed by atoms with Crippen LogP contribution in [-0.2, 0) is 4.79 Å². The number of carbonyl (C=O) groups is 1. The Bertz CT molecular complexity index is 280. The summed E-state index contributed by atoms with van der Waals surface area (Å²) in [5, 5.41) is 2.85. The van der Waals surface area contributed by atoms with Gasteiger partial charge >= 0.3 is 0 Å². The summed E-state index contributed by atoms with van der Waals surface area (Å²) >= 11 is 0. The Kier molecular flexibility index (Phi) is 6.23. The highest BCUT2D eigenvalue weighted by molar-refractivity contribution is 5.76. The predicted molar refractivity (Wildman–Crippen MR) is 79.0 cm³/mol. The molecule has 0 aromatic carbocycles. The van der Waals surface area contributed by atoms with Gasteiger partial charge in [-0.3, -0.25) is 14.6 Å². The smallest absolute Gasteiger partial charge is 0.221 e. The van der Waals surface area contributed by atoms with E-state index < -0.39 is 0 Å². The van der Waals surface area contributed by atoms with E-state index in [-0.39, 0.29) is 17.5 Å². The van der Waals surface area contributed by atoms with Gasteiger partial charge in [0.05, 0.1) is 0 Å². The molecule has 1 aliphatic heterocycles. The minimum absolute atomic E-state index is 0.108. The van der Waals surface area contributed by atoms with Crippen molar-refractivity contribution >= 4 is 5.91 Å². The summed E-state index contributed by atoms with van der Waals surface area (Å²) in [5.74, 6) is 0.108. The molecule has 1 rings (SSSR count). The third-order valence-corrected chi connectivity index (χ3v) is 3.85. The van der Waals surface area contributed by atoms with Gasteiger partial charge in [0.25, 0.3) is 0 Å². The van der Waals surface area contributed by atoms with Crippen molar-refractivity contribution in [1.82, 2.24) is 15.1 Å². The molecule has 0 radical (unpaired) electrons. The lowest BCUT2D eigenvalue weighted by molar-refractivity contribution is -0.122. The van der Waals surface area contributed by atoms with Gasteiger partial charge in [-0.2, -0.15) is 0 Å². The molecule has 1 amide bonds. The molecule has 1 unspecified atom stereocenters. The van der Waals surface area contributed by atoms with Gasteiger partial charge in [0.2, 0.25) is 5.91 Å². The number of hydrogen-bond acceptors (Lipinski definition) is 4. The van der Waals surface area contributed by atoms with E-state index >= 15 is 0 Å². The van der Waals surface area contributed by atoms with Crippen LogP contribution in [0.2, 0.25) is 0 Å². The first-order valence-electron chi connectivity index (χ1n) is 7.34. The Labute approximate surface area is 117 Å². The minimum Gasteiger partial charge on any atom is -0.356 e. The number of nitrogens with one attached hydrogen (secondary N) is 1. The van der Waals surface area contributed by atoms with Gasteiger partial charge < -0.3 is 11.1 Å². The van der Waals surface area contributed by atoms with Crippen molar-refractivity contribution in [1.29, 1.82) is 0 Å². The van der Waals surface area contributed by atoms with Crippen LogP contribution in [0.4, 0.5) is 0 Å². The average Bonchev–Trinajstić information content (AvgIpc) is 2.35. The Balaban J connectivity index is 2.45. The zero-order valence-corrected chi connectivity index (χ0v) is 12.9.